The van der Waals surface area contributed by atoms with Crippen molar-refractivity contribution in [1.82, 2.24) is 15.0 Å². The van der Waals surface area contributed by atoms with Crippen LogP contribution in [-0.2, 0) is 0 Å². The molecule has 0 unspecified atom stereocenters. The highest BCUT2D eigenvalue weighted by Crippen LogP contribution is 2.19. The van der Waals surface area contributed by atoms with Crippen molar-refractivity contribution in [3.63, 3.8) is 0 Å². The van der Waals surface area contributed by atoms with E-state index in [1.165, 1.54) is 0 Å². The van der Waals surface area contributed by atoms with Crippen molar-refractivity contribution < 1.29 is 4.74 Å². The second-order valence-electron chi connectivity index (χ2n) is 3.96. The first-order chi connectivity index (χ1) is 7.46. The summed E-state index contributed by atoms with van der Waals surface area (Å²) in [6, 6.07) is 0.253. The van der Waals surface area contributed by atoms with Gasteiger partial charge in [0.15, 0.2) is 0 Å². The minimum Gasteiger partial charge on any atom is -0.457 e. The molecule has 0 aliphatic rings. The molecule has 0 aromatic carbocycles. The van der Waals surface area contributed by atoms with E-state index in [9.17, 15) is 0 Å². The Morgan fingerprint density at radius 3 is 2.50 bits per heavy atom. The van der Waals surface area contributed by atoms with Gasteiger partial charge in [0.2, 0.25) is 11.2 Å². The molecule has 1 rings (SSSR count). The lowest BCUT2D eigenvalue weighted by Crippen LogP contribution is -2.28. The fraction of sp³-hybridized carbons (Fsp3) is 0.700. The number of hydrogen-bond acceptors (Lipinski definition) is 5. The van der Waals surface area contributed by atoms with Gasteiger partial charge < -0.3 is 10.1 Å². The number of nitrogens with one attached hydrogen (secondary N) is 1. The second kappa shape index (κ2) is 5.30. The normalized spacial score (nSPS) is 11.3. The third kappa shape index (κ3) is 3.81. The van der Waals surface area contributed by atoms with Gasteiger partial charge in [-0.1, -0.05) is 6.92 Å². The molecule has 6 heteroatoms. The van der Waals surface area contributed by atoms with E-state index in [0.29, 0.717) is 5.95 Å². The molecule has 0 aliphatic heterocycles. The average Bonchev–Trinajstić information content (AvgIpc) is 2.16. The van der Waals surface area contributed by atoms with Crippen molar-refractivity contribution in [3.8, 4) is 6.01 Å². The predicted octanol–water partition coefficient (Wildman–Crippen LogP) is 2.52. The Morgan fingerprint density at radius 2 is 1.94 bits per heavy atom. The number of aromatic nitrogens is 3. The van der Waals surface area contributed by atoms with Gasteiger partial charge in [0.1, 0.15) is 5.60 Å². The third-order valence-electron chi connectivity index (χ3n) is 2.14. The molecular weight excluding hydrogens is 228 g/mol. The molecule has 0 spiro atoms. The third-order valence-corrected chi connectivity index (χ3v) is 2.31. The summed E-state index contributed by atoms with van der Waals surface area (Å²) in [4.78, 5) is 12.0. The molecule has 1 N–H and O–H groups in total. The number of rotatable bonds is 5. The molecule has 0 aliphatic carbocycles. The van der Waals surface area contributed by atoms with Crippen LogP contribution in [0.5, 0.6) is 6.01 Å². The van der Waals surface area contributed by atoms with Crippen LogP contribution in [-0.4, -0.2) is 27.1 Å². The molecule has 5 nitrogen and oxygen atoms in total. The molecule has 0 fully saturated rings. The lowest BCUT2D eigenvalue weighted by molar-refractivity contribution is 0.0924. The largest absolute Gasteiger partial charge is 0.457 e. The maximum absolute atomic E-state index is 5.78. The molecule has 90 valence electrons. The Kier molecular flexibility index (Phi) is 4.29. The number of ether oxygens (including phenoxy) is 1. The maximum Gasteiger partial charge on any atom is 0.323 e. The van der Waals surface area contributed by atoms with Crippen molar-refractivity contribution in [2.45, 2.75) is 39.7 Å². The van der Waals surface area contributed by atoms with Gasteiger partial charge >= 0.3 is 6.01 Å². The summed E-state index contributed by atoms with van der Waals surface area (Å²) in [6.45, 7) is 8.65. The van der Waals surface area contributed by atoms with Gasteiger partial charge in [-0.3, -0.25) is 0 Å². The smallest absolute Gasteiger partial charge is 0.323 e. The first kappa shape index (κ1) is 13.0. The van der Waals surface area contributed by atoms with Crippen LogP contribution in [0.25, 0.3) is 0 Å². The van der Waals surface area contributed by atoms with Gasteiger partial charge in [-0.2, -0.15) is 15.0 Å². The number of halogens is 1. The van der Waals surface area contributed by atoms with Crippen molar-refractivity contribution in [2.75, 3.05) is 11.9 Å². The summed E-state index contributed by atoms with van der Waals surface area (Å²) in [5.74, 6) is 0.435. The monoisotopic (exact) mass is 244 g/mol. The summed E-state index contributed by atoms with van der Waals surface area (Å²) in [5.41, 5.74) is -0.311. The highest BCUT2D eigenvalue weighted by molar-refractivity contribution is 6.28. The van der Waals surface area contributed by atoms with E-state index in [1.807, 2.05) is 27.7 Å². The Morgan fingerprint density at radius 1 is 1.25 bits per heavy atom. The molecule has 0 amide bonds. The van der Waals surface area contributed by atoms with Gasteiger partial charge in [-0.25, -0.2) is 0 Å². The minimum absolute atomic E-state index is 0.132. The van der Waals surface area contributed by atoms with Gasteiger partial charge in [0.25, 0.3) is 0 Å². The topological polar surface area (TPSA) is 59.9 Å². The molecule has 1 heterocycles. The van der Waals surface area contributed by atoms with Crippen molar-refractivity contribution >= 4 is 17.5 Å². The van der Waals surface area contributed by atoms with Crippen LogP contribution in [0.1, 0.15) is 34.1 Å². The van der Waals surface area contributed by atoms with Gasteiger partial charge in [-0.15, -0.1) is 0 Å². The van der Waals surface area contributed by atoms with Crippen LogP contribution in [0.3, 0.4) is 0 Å². The highest BCUT2D eigenvalue weighted by Gasteiger charge is 2.19. The Labute approximate surface area is 101 Å². The summed E-state index contributed by atoms with van der Waals surface area (Å²) >= 11 is 5.78. The lowest BCUT2D eigenvalue weighted by Gasteiger charge is -2.23. The number of anilines is 1. The van der Waals surface area contributed by atoms with E-state index in [0.717, 1.165) is 13.0 Å². The summed E-state index contributed by atoms with van der Waals surface area (Å²) in [6.07, 6.45) is 0.854. The van der Waals surface area contributed by atoms with Crippen molar-refractivity contribution in [3.05, 3.63) is 5.28 Å². The quantitative estimate of drug-likeness (QED) is 0.863. The number of nitrogens with zero attached hydrogens (tertiary/aromatic N) is 3. The zero-order valence-corrected chi connectivity index (χ0v) is 10.8. The molecule has 0 radical (unpaired) electrons. The molecule has 1 aromatic rings. The fourth-order valence-corrected chi connectivity index (χ4v) is 1.09. The predicted molar refractivity (Wildman–Crippen MR) is 64.0 cm³/mol. The SMILES string of the molecule is CCNc1nc(Cl)nc(OC(C)(C)CC)n1. The van der Waals surface area contributed by atoms with Crippen LogP contribution < -0.4 is 10.1 Å². The summed E-state index contributed by atoms with van der Waals surface area (Å²) in [5, 5.41) is 3.10. The molecule has 0 atom stereocenters. The molecular formula is C10H17ClN4O. The summed E-state index contributed by atoms with van der Waals surface area (Å²) in [7, 11) is 0. The minimum atomic E-state index is -0.311. The van der Waals surface area contributed by atoms with Gasteiger partial charge in [-0.05, 0) is 38.8 Å². The van der Waals surface area contributed by atoms with Crippen LogP contribution in [0.15, 0.2) is 0 Å². The zero-order chi connectivity index (χ0) is 12.2. The zero-order valence-electron chi connectivity index (χ0n) is 10.0. The average molecular weight is 245 g/mol. The lowest BCUT2D eigenvalue weighted by atomic mass is 10.1. The van der Waals surface area contributed by atoms with E-state index < -0.39 is 0 Å². The van der Waals surface area contributed by atoms with Crippen molar-refractivity contribution in [1.29, 1.82) is 0 Å². The van der Waals surface area contributed by atoms with Gasteiger partial charge in [0, 0.05) is 6.54 Å². The molecule has 0 saturated carbocycles. The van der Waals surface area contributed by atoms with E-state index in [2.05, 4.69) is 20.3 Å². The maximum atomic E-state index is 5.78. The Bertz CT molecular complexity index is 357. The van der Waals surface area contributed by atoms with E-state index >= 15 is 0 Å². The highest BCUT2D eigenvalue weighted by atomic mass is 35.5. The second-order valence-corrected chi connectivity index (χ2v) is 4.29. The summed E-state index contributed by atoms with van der Waals surface area (Å²) < 4.78 is 5.63. The van der Waals surface area contributed by atoms with Crippen LogP contribution in [0, 0.1) is 0 Å². The Hall–Kier alpha value is -1.10. The van der Waals surface area contributed by atoms with Crippen LogP contribution in [0.4, 0.5) is 5.95 Å². The van der Waals surface area contributed by atoms with Crippen LogP contribution in [0.2, 0.25) is 5.28 Å². The number of hydrogen-bond donors (Lipinski definition) is 1. The van der Waals surface area contributed by atoms with E-state index in [4.69, 9.17) is 16.3 Å². The van der Waals surface area contributed by atoms with Gasteiger partial charge in [0.05, 0.1) is 0 Å². The van der Waals surface area contributed by atoms with Crippen LogP contribution >= 0.6 is 11.6 Å². The fourth-order valence-electron chi connectivity index (χ4n) is 0.934. The first-order valence-corrected chi connectivity index (χ1v) is 5.69. The standard InChI is InChI=1S/C10H17ClN4O/c1-5-10(3,4)16-9-14-7(11)13-8(15-9)12-6-2/h5-6H2,1-4H3,(H,12,13,14,15). The molecule has 1 aromatic heterocycles. The Balaban J connectivity index is 2.87. The van der Waals surface area contributed by atoms with E-state index in [1.54, 1.807) is 0 Å². The molecule has 0 bridgehead atoms. The van der Waals surface area contributed by atoms with E-state index in [-0.39, 0.29) is 16.9 Å². The first-order valence-electron chi connectivity index (χ1n) is 5.31. The molecule has 0 saturated heterocycles. The van der Waals surface area contributed by atoms with Crippen molar-refractivity contribution in [2.24, 2.45) is 0 Å². The molecule has 16 heavy (non-hydrogen) atoms.